The first-order valence-electron chi connectivity index (χ1n) is 6.13. The summed E-state index contributed by atoms with van der Waals surface area (Å²) in [4.78, 5) is 4.20. The van der Waals surface area contributed by atoms with Gasteiger partial charge in [-0.1, -0.05) is 15.9 Å². The largest absolute Gasteiger partial charge is 0.487 e. The number of hydrogen-bond donors (Lipinski definition) is 0. The second-order valence-corrected chi connectivity index (χ2v) is 5.58. The normalized spacial score (nSPS) is 14.8. The van der Waals surface area contributed by atoms with Gasteiger partial charge in [-0.3, -0.25) is 0 Å². The van der Waals surface area contributed by atoms with Gasteiger partial charge in [0.25, 0.3) is 0 Å². The van der Waals surface area contributed by atoms with Crippen molar-refractivity contribution in [1.29, 1.82) is 0 Å². The maximum atomic E-state index is 5.82. The molecular formula is C14H15BrN2O. The molecule has 2 aromatic rings. The molecule has 0 N–H and O–H groups in total. The molecule has 1 heterocycles. The first-order chi connectivity index (χ1) is 8.74. The van der Waals surface area contributed by atoms with Gasteiger partial charge in [0, 0.05) is 10.5 Å². The Morgan fingerprint density at radius 2 is 2.28 bits per heavy atom. The van der Waals surface area contributed by atoms with Crippen molar-refractivity contribution in [1.82, 2.24) is 9.55 Å². The van der Waals surface area contributed by atoms with E-state index in [1.165, 1.54) is 18.4 Å². The number of aryl methyl sites for hydroxylation is 1. The monoisotopic (exact) mass is 306 g/mol. The van der Waals surface area contributed by atoms with Crippen LogP contribution in [0.25, 0.3) is 0 Å². The summed E-state index contributed by atoms with van der Waals surface area (Å²) in [5.74, 6) is 0.902. The zero-order valence-electron chi connectivity index (χ0n) is 10.3. The van der Waals surface area contributed by atoms with Crippen LogP contribution in [0, 0.1) is 6.92 Å². The second-order valence-electron chi connectivity index (χ2n) is 4.72. The third-order valence-corrected chi connectivity index (χ3v) is 4.09. The summed E-state index contributed by atoms with van der Waals surface area (Å²) < 4.78 is 9.16. The lowest BCUT2D eigenvalue weighted by Crippen LogP contribution is -2.03. The predicted molar refractivity (Wildman–Crippen MR) is 73.7 cm³/mol. The molecule has 0 spiro atoms. The molecule has 1 fully saturated rings. The van der Waals surface area contributed by atoms with Gasteiger partial charge < -0.3 is 9.30 Å². The van der Waals surface area contributed by atoms with Crippen molar-refractivity contribution < 1.29 is 4.74 Å². The van der Waals surface area contributed by atoms with Crippen molar-refractivity contribution >= 4 is 15.9 Å². The lowest BCUT2D eigenvalue weighted by Gasteiger charge is -2.09. The van der Waals surface area contributed by atoms with Gasteiger partial charge in [-0.05, 0) is 43.5 Å². The SMILES string of the molecule is Cc1cc(OCc2cncn2C2CC2)ccc1Br. The number of benzene rings is 1. The summed E-state index contributed by atoms with van der Waals surface area (Å²) in [6, 6.07) is 6.69. The van der Waals surface area contributed by atoms with E-state index in [-0.39, 0.29) is 0 Å². The molecule has 3 nitrogen and oxygen atoms in total. The fourth-order valence-electron chi connectivity index (χ4n) is 1.99. The van der Waals surface area contributed by atoms with Gasteiger partial charge in [-0.15, -0.1) is 0 Å². The van der Waals surface area contributed by atoms with Gasteiger partial charge in [-0.2, -0.15) is 0 Å². The maximum Gasteiger partial charge on any atom is 0.130 e. The molecular weight excluding hydrogens is 292 g/mol. The third-order valence-electron chi connectivity index (χ3n) is 3.20. The average Bonchev–Trinajstić information content (AvgIpc) is 3.10. The van der Waals surface area contributed by atoms with Gasteiger partial charge in [0.15, 0.2) is 0 Å². The molecule has 1 aliphatic carbocycles. The summed E-state index contributed by atoms with van der Waals surface area (Å²) in [7, 11) is 0. The topological polar surface area (TPSA) is 27.1 Å². The van der Waals surface area contributed by atoms with E-state index in [1.807, 2.05) is 30.7 Å². The number of ether oxygens (including phenoxy) is 1. The lowest BCUT2D eigenvalue weighted by molar-refractivity contribution is 0.294. The fraction of sp³-hybridized carbons (Fsp3) is 0.357. The van der Waals surface area contributed by atoms with Crippen molar-refractivity contribution in [2.45, 2.75) is 32.4 Å². The highest BCUT2D eigenvalue weighted by Gasteiger charge is 2.25. The molecule has 1 aliphatic rings. The summed E-state index contributed by atoms with van der Waals surface area (Å²) in [6.45, 7) is 2.64. The van der Waals surface area contributed by atoms with E-state index in [0.717, 1.165) is 15.9 Å². The molecule has 4 heteroatoms. The van der Waals surface area contributed by atoms with E-state index in [2.05, 4.69) is 32.4 Å². The number of halogens is 1. The number of aromatic nitrogens is 2. The average molecular weight is 307 g/mol. The van der Waals surface area contributed by atoms with Crippen LogP contribution in [0.3, 0.4) is 0 Å². The van der Waals surface area contributed by atoms with Crippen molar-refractivity contribution in [3.63, 3.8) is 0 Å². The van der Waals surface area contributed by atoms with Crippen LogP contribution in [-0.4, -0.2) is 9.55 Å². The summed E-state index contributed by atoms with van der Waals surface area (Å²) >= 11 is 3.49. The Labute approximate surface area is 115 Å². The molecule has 94 valence electrons. The van der Waals surface area contributed by atoms with E-state index in [1.54, 1.807) is 0 Å². The summed E-state index contributed by atoms with van der Waals surface area (Å²) in [6.07, 6.45) is 6.33. The number of hydrogen-bond acceptors (Lipinski definition) is 2. The summed E-state index contributed by atoms with van der Waals surface area (Å²) in [5.41, 5.74) is 2.33. The minimum Gasteiger partial charge on any atom is -0.487 e. The highest BCUT2D eigenvalue weighted by Crippen LogP contribution is 2.35. The molecule has 0 atom stereocenters. The lowest BCUT2D eigenvalue weighted by atomic mass is 10.2. The van der Waals surface area contributed by atoms with Gasteiger partial charge >= 0.3 is 0 Å². The van der Waals surface area contributed by atoms with Crippen LogP contribution < -0.4 is 4.74 Å². The molecule has 0 bridgehead atoms. The first-order valence-corrected chi connectivity index (χ1v) is 6.93. The van der Waals surface area contributed by atoms with Crippen LogP contribution in [0.15, 0.2) is 35.2 Å². The standard InChI is InChI=1S/C14H15BrN2O/c1-10-6-13(4-5-14(10)15)18-8-12-7-16-9-17(12)11-2-3-11/h4-7,9,11H,2-3,8H2,1H3. The third kappa shape index (κ3) is 2.43. The molecule has 1 aromatic heterocycles. The van der Waals surface area contributed by atoms with E-state index < -0.39 is 0 Å². The number of imidazole rings is 1. The highest BCUT2D eigenvalue weighted by molar-refractivity contribution is 9.10. The van der Waals surface area contributed by atoms with E-state index >= 15 is 0 Å². The van der Waals surface area contributed by atoms with Gasteiger partial charge in [-0.25, -0.2) is 4.98 Å². The molecule has 18 heavy (non-hydrogen) atoms. The number of nitrogens with zero attached hydrogens (tertiary/aromatic N) is 2. The minimum atomic E-state index is 0.581. The Morgan fingerprint density at radius 3 is 3.00 bits per heavy atom. The Balaban J connectivity index is 1.69. The maximum absolute atomic E-state index is 5.82. The van der Waals surface area contributed by atoms with Gasteiger partial charge in [0.05, 0.1) is 18.2 Å². The second kappa shape index (κ2) is 4.76. The van der Waals surface area contributed by atoms with Crippen LogP contribution in [0.4, 0.5) is 0 Å². The van der Waals surface area contributed by atoms with Crippen molar-refractivity contribution in [3.8, 4) is 5.75 Å². The van der Waals surface area contributed by atoms with Gasteiger partial charge in [0.1, 0.15) is 12.4 Å². The van der Waals surface area contributed by atoms with E-state index in [9.17, 15) is 0 Å². The van der Waals surface area contributed by atoms with Crippen LogP contribution >= 0.6 is 15.9 Å². The summed E-state index contributed by atoms with van der Waals surface area (Å²) in [5, 5.41) is 0. The molecule has 0 aliphatic heterocycles. The van der Waals surface area contributed by atoms with Gasteiger partial charge in [0.2, 0.25) is 0 Å². The van der Waals surface area contributed by atoms with Crippen molar-refractivity contribution in [2.75, 3.05) is 0 Å². The molecule has 0 saturated heterocycles. The molecule has 0 unspecified atom stereocenters. The first kappa shape index (κ1) is 11.8. The predicted octanol–water partition coefficient (Wildman–Crippen LogP) is 3.87. The van der Waals surface area contributed by atoms with Crippen LogP contribution in [0.1, 0.15) is 30.1 Å². The zero-order valence-corrected chi connectivity index (χ0v) is 11.9. The fourth-order valence-corrected chi connectivity index (χ4v) is 2.24. The number of rotatable bonds is 4. The Hall–Kier alpha value is -1.29. The van der Waals surface area contributed by atoms with Crippen molar-refractivity contribution in [2.24, 2.45) is 0 Å². The quantitative estimate of drug-likeness (QED) is 0.857. The minimum absolute atomic E-state index is 0.581. The molecule has 3 rings (SSSR count). The molecule has 0 amide bonds. The van der Waals surface area contributed by atoms with E-state index in [4.69, 9.17) is 4.74 Å². The van der Waals surface area contributed by atoms with Crippen molar-refractivity contribution in [3.05, 3.63) is 46.5 Å². The smallest absolute Gasteiger partial charge is 0.130 e. The van der Waals surface area contributed by atoms with Crippen LogP contribution in [0.5, 0.6) is 5.75 Å². The molecule has 1 aromatic carbocycles. The van der Waals surface area contributed by atoms with Crippen LogP contribution in [0.2, 0.25) is 0 Å². The zero-order chi connectivity index (χ0) is 12.5. The Morgan fingerprint density at radius 1 is 1.44 bits per heavy atom. The Bertz CT molecular complexity index is 561. The Kier molecular flexibility index (Phi) is 3.12. The molecule has 1 saturated carbocycles. The highest BCUT2D eigenvalue weighted by atomic mass is 79.9. The molecule has 0 radical (unpaired) electrons. The van der Waals surface area contributed by atoms with E-state index in [0.29, 0.717) is 12.6 Å². The van der Waals surface area contributed by atoms with Crippen LogP contribution in [-0.2, 0) is 6.61 Å².